The van der Waals surface area contributed by atoms with E-state index in [-0.39, 0.29) is 0 Å². The molecule has 9 nitrogen and oxygen atoms in total. The molecule has 112 heavy (non-hydrogen) atoms. The number of aromatic nitrogens is 4. The van der Waals surface area contributed by atoms with Gasteiger partial charge in [0.05, 0.1) is 42.1 Å². The lowest BCUT2D eigenvalue weighted by atomic mass is 9.89. The second-order valence-electron chi connectivity index (χ2n) is 35.4. The Kier molecular flexibility index (Phi) is 70.6. The number of hydrogen-bond acceptors (Lipinski definition) is 7. The SMILES string of the molecule is C=O.CCCCC(CC)CCCC(CC)CCCC.CCCCC(CC)CN(CC(CC)CCCC)CN(CC(CC)CCCC)CC(CC)CCCC.CCCCC(CC)CN(CC(CC)CCCC)Cn1c(=S)n(CN(CC(CC)CCCC)CC(CC)CCCC)c2cc(C)ccc21.Cc1ccc2[nH]c(=S)[nH]c2c1. The molecule has 4 aromatic rings. The Hall–Kier alpha value is -2.67. The first kappa shape index (κ1) is 109. The molecule has 2 aromatic carbocycles. The standard InChI is InChI=1S/C42H78N4S.C33H70N2.C17H36.C8H8N2S.CH2O/c1-10-18-22-36(14-5)29-43(30-37(15-6)23-19-11-2)33-45-40-27-26-35(9)28-41(40)46(42(45)47)34-44(31-38(16-7)24-20-12-3)32-39(17-8)25-21-13-4;1-9-17-21-30(13-5)25-34(26-31(14-6)22-18-10-2)29-35(27-32(15-7)23-19-11-3)28-33(16-8)24-20-12-4;1-5-9-12-16(7-3)14-11-15-17(8-4)13-10-6-2;1-5-2-3-6-7(4-5)10-8(11)9-6;1-2/h26-28,36-39H,10-25,29-34H2,1-9H3;30-33H,9-29H2,1-8H3;16-17H,5-15H2,1-4H3;2-4H,1H3,(H2,9,10,11);1H2. The molecule has 10 unspecified atom stereocenters. The fourth-order valence-electron chi connectivity index (χ4n) is 17.3. The highest BCUT2D eigenvalue weighted by molar-refractivity contribution is 7.71. The van der Waals surface area contributed by atoms with Crippen LogP contribution >= 0.6 is 24.4 Å². The van der Waals surface area contributed by atoms with Crippen LogP contribution in [0, 0.1) is 82.6 Å². The van der Waals surface area contributed by atoms with Gasteiger partial charge in [-0.2, -0.15) is 0 Å². The van der Waals surface area contributed by atoms with Crippen LogP contribution in [-0.4, -0.2) is 105 Å². The second kappa shape index (κ2) is 72.4. The highest BCUT2D eigenvalue weighted by Crippen LogP contribution is 2.30. The molecule has 0 aliphatic carbocycles. The van der Waals surface area contributed by atoms with Crippen molar-refractivity contribution in [3.63, 3.8) is 0 Å². The van der Waals surface area contributed by atoms with Crippen molar-refractivity contribution in [3.8, 4) is 0 Å². The summed E-state index contributed by atoms with van der Waals surface area (Å²) in [5.41, 5.74) is 7.34. The van der Waals surface area contributed by atoms with Crippen LogP contribution in [0.15, 0.2) is 36.4 Å². The number of H-pyrrole nitrogens is 2. The summed E-state index contributed by atoms with van der Waals surface area (Å²) in [5, 5.41) is 0. The van der Waals surface area contributed by atoms with Gasteiger partial charge in [0, 0.05) is 52.4 Å². The van der Waals surface area contributed by atoms with Crippen LogP contribution in [0.4, 0.5) is 0 Å². The van der Waals surface area contributed by atoms with E-state index in [1.807, 2.05) is 12.9 Å². The molecule has 4 rings (SSSR count). The van der Waals surface area contributed by atoms with Gasteiger partial charge in [0.25, 0.3) is 0 Å². The minimum Gasteiger partial charge on any atom is -0.331 e. The molecule has 0 fully saturated rings. The van der Waals surface area contributed by atoms with E-state index in [1.54, 1.807) is 0 Å². The number of carbonyl (C=O) groups is 1. The van der Waals surface area contributed by atoms with Gasteiger partial charge in [-0.05, 0) is 184 Å². The summed E-state index contributed by atoms with van der Waals surface area (Å²) in [5.74, 6) is 8.49. The first-order valence-corrected chi connectivity index (χ1v) is 49.7. The molecular formula is C101H194N8OS2. The molecule has 0 radical (unpaired) electrons. The van der Waals surface area contributed by atoms with Crippen molar-refractivity contribution in [1.82, 2.24) is 38.7 Å². The highest BCUT2D eigenvalue weighted by atomic mass is 32.1. The third kappa shape index (κ3) is 49.0. The van der Waals surface area contributed by atoms with E-state index in [4.69, 9.17) is 29.2 Å². The van der Waals surface area contributed by atoms with Crippen LogP contribution in [0.25, 0.3) is 22.1 Å². The number of fused-ring (bicyclic) bond motifs is 2. The summed E-state index contributed by atoms with van der Waals surface area (Å²) in [6.45, 7) is 66.7. The maximum atomic E-state index is 8.00. The molecule has 0 aliphatic rings. The largest absolute Gasteiger partial charge is 0.331 e. The monoisotopic (exact) mass is 1600 g/mol. The Balaban J connectivity index is 0.00000164. The zero-order valence-corrected chi connectivity index (χ0v) is 80.7. The molecule has 0 amide bonds. The van der Waals surface area contributed by atoms with Gasteiger partial charge in [0.2, 0.25) is 0 Å². The van der Waals surface area contributed by atoms with Gasteiger partial charge >= 0.3 is 0 Å². The summed E-state index contributed by atoms with van der Waals surface area (Å²) in [6, 6.07) is 13.2. The molecule has 0 spiro atoms. The summed E-state index contributed by atoms with van der Waals surface area (Å²) in [7, 11) is 0. The number of imidazole rings is 2. The number of aromatic amines is 2. The fraction of sp³-hybridized carbons (Fsp3) is 0.851. The van der Waals surface area contributed by atoms with E-state index >= 15 is 0 Å². The van der Waals surface area contributed by atoms with Gasteiger partial charge in [0.1, 0.15) is 6.79 Å². The Morgan fingerprint density at radius 1 is 0.295 bits per heavy atom. The Morgan fingerprint density at radius 3 is 0.804 bits per heavy atom. The molecule has 11 heteroatoms. The highest BCUT2D eigenvalue weighted by Gasteiger charge is 2.26. The molecule has 0 saturated heterocycles. The van der Waals surface area contributed by atoms with Crippen molar-refractivity contribution in [2.75, 3.05) is 59.0 Å². The third-order valence-corrected chi connectivity index (χ3v) is 26.4. The normalized spacial score (nSPS) is 14.4. The number of nitrogens with zero attached hydrogens (tertiary/aromatic N) is 6. The van der Waals surface area contributed by atoms with Crippen molar-refractivity contribution in [2.24, 2.45) is 59.2 Å². The zero-order chi connectivity index (χ0) is 83.7. The van der Waals surface area contributed by atoms with E-state index in [0.29, 0.717) is 4.77 Å². The van der Waals surface area contributed by atoms with Crippen LogP contribution in [-0.2, 0) is 18.1 Å². The number of nitrogens with one attached hydrogen (secondary N) is 2. The van der Waals surface area contributed by atoms with E-state index < -0.39 is 0 Å². The topological polar surface area (TPSA) is 71.5 Å². The first-order valence-electron chi connectivity index (χ1n) is 48.9. The van der Waals surface area contributed by atoms with Gasteiger partial charge in [-0.3, -0.25) is 19.6 Å². The summed E-state index contributed by atoms with van der Waals surface area (Å²) < 4.78 is 6.71. The van der Waals surface area contributed by atoms with Crippen molar-refractivity contribution in [3.05, 3.63) is 57.1 Å². The molecule has 2 aromatic heterocycles. The average Bonchev–Trinajstić information content (AvgIpc) is 1.62. The van der Waals surface area contributed by atoms with E-state index in [1.165, 1.54) is 357 Å². The number of carbonyl (C=O) groups excluding carboxylic acids is 1. The second-order valence-corrected chi connectivity index (χ2v) is 36.2. The lowest BCUT2D eigenvalue weighted by molar-refractivity contribution is -0.0980. The number of hydrogen-bond donors (Lipinski definition) is 2. The van der Waals surface area contributed by atoms with Gasteiger partial charge in [0.15, 0.2) is 9.54 Å². The maximum absolute atomic E-state index is 8.00. The van der Waals surface area contributed by atoms with Gasteiger partial charge in [-0.25, -0.2) is 0 Å². The molecular weight excluding hydrogens is 1410 g/mol. The van der Waals surface area contributed by atoms with E-state index in [2.05, 4.69) is 221 Å². The Labute approximate surface area is 709 Å². The maximum Gasteiger partial charge on any atom is 0.183 e. The summed E-state index contributed by atoms with van der Waals surface area (Å²) in [4.78, 5) is 25.5. The van der Waals surface area contributed by atoms with Crippen LogP contribution in [0.1, 0.15) is 426 Å². The molecule has 2 N–H and O–H groups in total. The van der Waals surface area contributed by atoms with Crippen molar-refractivity contribution in [2.45, 2.75) is 442 Å². The van der Waals surface area contributed by atoms with Gasteiger partial charge in [-0.1, -0.05) is 375 Å². The van der Waals surface area contributed by atoms with Crippen LogP contribution in [0.2, 0.25) is 0 Å². The van der Waals surface area contributed by atoms with Crippen molar-refractivity contribution >= 4 is 53.3 Å². The molecule has 0 aliphatic heterocycles. The lowest BCUT2D eigenvalue weighted by Crippen LogP contribution is -2.45. The predicted molar refractivity (Wildman–Crippen MR) is 509 cm³/mol. The number of aryl methyl sites for hydroxylation is 2. The quantitative estimate of drug-likeness (QED) is 0.0337. The summed E-state index contributed by atoms with van der Waals surface area (Å²) in [6.07, 6.45) is 58.6. The number of benzene rings is 2. The zero-order valence-electron chi connectivity index (χ0n) is 79.0. The molecule has 656 valence electrons. The average molecular weight is 1600 g/mol. The smallest absolute Gasteiger partial charge is 0.183 e. The van der Waals surface area contributed by atoms with Gasteiger partial charge in [-0.15, -0.1) is 0 Å². The Morgan fingerprint density at radius 2 is 0.527 bits per heavy atom. The van der Waals surface area contributed by atoms with Crippen molar-refractivity contribution in [1.29, 1.82) is 0 Å². The van der Waals surface area contributed by atoms with Crippen LogP contribution < -0.4 is 0 Å². The van der Waals surface area contributed by atoms with Crippen LogP contribution in [0.3, 0.4) is 0 Å². The summed E-state index contributed by atoms with van der Waals surface area (Å²) >= 11 is 11.4. The Bertz CT molecular complexity index is 2710. The predicted octanol–water partition coefficient (Wildman–Crippen LogP) is 32.2. The molecule has 10 atom stereocenters. The van der Waals surface area contributed by atoms with E-state index in [0.717, 1.165) is 88.3 Å². The number of unbranched alkanes of at least 4 members (excludes halogenated alkanes) is 10. The van der Waals surface area contributed by atoms with E-state index in [9.17, 15) is 0 Å². The van der Waals surface area contributed by atoms with Crippen LogP contribution in [0.5, 0.6) is 0 Å². The molecule has 0 saturated carbocycles. The first-order chi connectivity index (χ1) is 54.3. The lowest BCUT2D eigenvalue weighted by Gasteiger charge is -2.38. The molecule has 0 bridgehead atoms. The van der Waals surface area contributed by atoms with Gasteiger partial charge < -0.3 is 23.9 Å². The fourth-order valence-corrected chi connectivity index (χ4v) is 17.9. The minimum absolute atomic E-state index is 0.686. The molecule has 2 heterocycles. The third-order valence-electron chi connectivity index (χ3n) is 25.7. The number of rotatable bonds is 66. The van der Waals surface area contributed by atoms with Crippen molar-refractivity contribution < 1.29 is 4.79 Å². The minimum atomic E-state index is 0.686.